The number of fused-ring (bicyclic) bond motifs is 6. The molecule has 0 radical (unpaired) electrons. The van der Waals surface area contributed by atoms with Crippen molar-refractivity contribution in [3.05, 3.63) is 176 Å². The number of hydrogen-bond acceptors (Lipinski definition) is 4. The average Bonchev–Trinajstić information content (AvgIpc) is 3.59. The molecule has 0 fully saturated rings. The zero-order valence-corrected chi connectivity index (χ0v) is 27.5. The first-order chi connectivity index (χ1) is 25.2. The van der Waals surface area contributed by atoms with Crippen LogP contribution in [0.15, 0.2) is 180 Å². The van der Waals surface area contributed by atoms with Crippen LogP contribution in [0.3, 0.4) is 0 Å². The van der Waals surface area contributed by atoms with Crippen LogP contribution in [-0.4, -0.2) is 15.0 Å². The molecule has 0 N–H and O–H groups in total. The van der Waals surface area contributed by atoms with E-state index < -0.39 is 0 Å². The number of rotatable bonds is 5. The van der Waals surface area contributed by atoms with Crippen LogP contribution in [0.2, 0.25) is 0 Å². The summed E-state index contributed by atoms with van der Waals surface area (Å²) in [6, 6.07) is 61.1. The smallest absolute Gasteiger partial charge is 0.164 e. The summed E-state index contributed by atoms with van der Waals surface area (Å²) >= 11 is 0. The van der Waals surface area contributed by atoms with Crippen LogP contribution in [0.1, 0.15) is 0 Å². The van der Waals surface area contributed by atoms with Crippen LogP contribution in [0.5, 0.6) is 0 Å². The van der Waals surface area contributed by atoms with Crippen LogP contribution in [0, 0.1) is 0 Å². The van der Waals surface area contributed by atoms with E-state index in [4.69, 9.17) is 19.4 Å². The van der Waals surface area contributed by atoms with Crippen molar-refractivity contribution in [3.8, 4) is 56.4 Å². The maximum Gasteiger partial charge on any atom is 0.164 e. The van der Waals surface area contributed by atoms with E-state index >= 15 is 0 Å². The van der Waals surface area contributed by atoms with Gasteiger partial charge in [-0.15, -0.1) is 0 Å². The molecule has 0 aliphatic rings. The zero-order chi connectivity index (χ0) is 33.7. The predicted molar refractivity (Wildman–Crippen MR) is 209 cm³/mol. The highest BCUT2D eigenvalue weighted by Gasteiger charge is 2.18. The Hall–Kier alpha value is -6.91. The van der Waals surface area contributed by atoms with Gasteiger partial charge >= 0.3 is 0 Å². The van der Waals surface area contributed by atoms with Crippen molar-refractivity contribution in [2.75, 3.05) is 0 Å². The van der Waals surface area contributed by atoms with Gasteiger partial charge in [-0.05, 0) is 68.1 Å². The third-order valence-corrected chi connectivity index (χ3v) is 9.73. The Bertz CT molecular complexity index is 2900. The monoisotopic (exact) mass is 651 g/mol. The van der Waals surface area contributed by atoms with Gasteiger partial charge in [-0.25, -0.2) is 15.0 Å². The van der Waals surface area contributed by atoms with Gasteiger partial charge in [0.1, 0.15) is 11.2 Å². The summed E-state index contributed by atoms with van der Waals surface area (Å²) in [5.74, 6) is 1.84. The van der Waals surface area contributed by atoms with Gasteiger partial charge in [0.2, 0.25) is 0 Å². The summed E-state index contributed by atoms with van der Waals surface area (Å²) in [4.78, 5) is 15.2. The summed E-state index contributed by atoms with van der Waals surface area (Å²) in [6.45, 7) is 0. The van der Waals surface area contributed by atoms with E-state index in [0.29, 0.717) is 17.5 Å². The molecule has 0 aliphatic heterocycles. The molecule has 51 heavy (non-hydrogen) atoms. The zero-order valence-electron chi connectivity index (χ0n) is 27.5. The van der Waals surface area contributed by atoms with Crippen molar-refractivity contribution in [2.24, 2.45) is 0 Å². The Labute approximate surface area is 294 Å². The number of aromatic nitrogens is 3. The van der Waals surface area contributed by atoms with Crippen molar-refractivity contribution >= 4 is 43.5 Å². The molecule has 2 aromatic heterocycles. The fourth-order valence-corrected chi connectivity index (χ4v) is 7.17. The third kappa shape index (κ3) is 5.13. The second-order valence-electron chi connectivity index (χ2n) is 12.8. The van der Waals surface area contributed by atoms with Crippen LogP contribution in [0.25, 0.3) is 99.9 Å². The molecule has 0 atom stereocenters. The maximum absolute atomic E-state index is 6.44. The topological polar surface area (TPSA) is 51.8 Å². The maximum atomic E-state index is 6.44. The van der Waals surface area contributed by atoms with Crippen molar-refractivity contribution in [1.29, 1.82) is 0 Å². The van der Waals surface area contributed by atoms with Gasteiger partial charge in [-0.1, -0.05) is 152 Å². The molecule has 0 saturated carbocycles. The number of benzene rings is 8. The molecular weight excluding hydrogens is 623 g/mol. The van der Waals surface area contributed by atoms with Crippen molar-refractivity contribution in [1.82, 2.24) is 15.0 Å². The first-order valence-electron chi connectivity index (χ1n) is 17.1. The predicted octanol–water partition coefficient (Wildman–Crippen LogP) is 12.4. The summed E-state index contributed by atoms with van der Waals surface area (Å²) in [5, 5.41) is 7.02. The van der Waals surface area contributed by atoms with Gasteiger partial charge in [0, 0.05) is 27.5 Å². The molecule has 10 rings (SSSR count). The van der Waals surface area contributed by atoms with Crippen LogP contribution in [-0.2, 0) is 0 Å². The SMILES string of the molecule is c1ccc(-c2ccc3c(c2)oc2cccc(-c4nc(-c5ccccc5)nc(-c5ccc(-c6ccc7c(ccc8ccccc87)c6)cc5)n4)c23)cc1. The van der Waals surface area contributed by atoms with Gasteiger partial charge in [0.25, 0.3) is 0 Å². The second-order valence-corrected chi connectivity index (χ2v) is 12.8. The number of furan rings is 1. The van der Waals surface area contributed by atoms with E-state index in [9.17, 15) is 0 Å². The fraction of sp³-hybridized carbons (Fsp3) is 0. The molecule has 0 bridgehead atoms. The molecule has 2 heterocycles. The van der Waals surface area contributed by atoms with Gasteiger partial charge in [-0.2, -0.15) is 0 Å². The number of hydrogen-bond donors (Lipinski definition) is 0. The highest BCUT2D eigenvalue weighted by Crippen LogP contribution is 2.38. The molecule has 238 valence electrons. The van der Waals surface area contributed by atoms with Crippen LogP contribution >= 0.6 is 0 Å². The highest BCUT2D eigenvalue weighted by molar-refractivity contribution is 6.12. The van der Waals surface area contributed by atoms with Crippen molar-refractivity contribution in [2.45, 2.75) is 0 Å². The van der Waals surface area contributed by atoms with E-state index in [1.165, 1.54) is 27.1 Å². The van der Waals surface area contributed by atoms with Crippen molar-refractivity contribution in [3.63, 3.8) is 0 Å². The summed E-state index contributed by atoms with van der Waals surface area (Å²) < 4.78 is 6.44. The molecule has 0 spiro atoms. The van der Waals surface area contributed by atoms with Crippen molar-refractivity contribution < 1.29 is 4.42 Å². The summed E-state index contributed by atoms with van der Waals surface area (Å²) in [7, 11) is 0. The van der Waals surface area contributed by atoms with Gasteiger partial charge in [-0.3, -0.25) is 0 Å². The Morgan fingerprint density at radius 2 is 0.863 bits per heavy atom. The van der Waals surface area contributed by atoms with Crippen LogP contribution in [0.4, 0.5) is 0 Å². The molecule has 4 heteroatoms. The van der Waals surface area contributed by atoms with E-state index in [0.717, 1.165) is 55.3 Å². The Morgan fingerprint density at radius 1 is 0.314 bits per heavy atom. The van der Waals surface area contributed by atoms with E-state index in [2.05, 4.69) is 127 Å². The minimum atomic E-state index is 0.602. The Kier molecular flexibility index (Phi) is 6.78. The fourth-order valence-electron chi connectivity index (χ4n) is 7.17. The summed E-state index contributed by atoms with van der Waals surface area (Å²) in [5.41, 5.74) is 8.93. The molecule has 8 aromatic carbocycles. The molecule has 0 amide bonds. The Balaban J connectivity index is 1.08. The molecule has 0 aliphatic carbocycles. The van der Waals surface area contributed by atoms with Gasteiger partial charge < -0.3 is 4.42 Å². The Morgan fingerprint density at radius 3 is 1.65 bits per heavy atom. The molecule has 10 aromatic rings. The third-order valence-electron chi connectivity index (χ3n) is 9.73. The van der Waals surface area contributed by atoms with E-state index in [1.807, 2.05) is 48.5 Å². The lowest BCUT2D eigenvalue weighted by Crippen LogP contribution is -2.00. The lowest BCUT2D eigenvalue weighted by molar-refractivity contribution is 0.669. The summed E-state index contributed by atoms with van der Waals surface area (Å²) in [6.07, 6.45) is 0. The largest absolute Gasteiger partial charge is 0.456 e. The average molecular weight is 652 g/mol. The van der Waals surface area contributed by atoms with Gasteiger partial charge in [0.15, 0.2) is 17.5 Å². The molecule has 0 saturated heterocycles. The minimum absolute atomic E-state index is 0.602. The lowest BCUT2D eigenvalue weighted by atomic mass is 9.97. The quantitative estimate of drug-likeness (QED) is 0.174. The standard InChI is InChI=1S/C47H29N3O/c1-3-10-30(11-4-1)36-25-27-40-43(29-36)51-42-17-9-16-41(44(40)42)47-49-45(33-13-5-2-6-14-33)48-46(50-47)34-21-18-31(19-22-34)35-24-26-39-37(28-35)23-20-32-12-7-8-15-38(32)39/h1-29H. The molecule has 0 unspecified atom stereocenters. The van der Waals surface area contributed by atoms with E-state index in [1.54, 1.807) is 0 Å². The molecule has 4 nitrogen and oxygen atoms in total. The molecular formula is C47H29N3O. The normalized spacial score (nSPS) is 11.5. The first-order valence-corrected chi connectivity index (χ1v) is 17.1. The number of nitrogens with zero attached hydrogens (tertiary/aromatic N) is 3. The van der Waals surface area contributed by atoms with Crippen LogP contribution < -0.4 is 0 Å². The second kappa shape index (κ2) is 11.9. The minimum Gasteiger partial charge on any atom is -0.456 e. The highest BCUT2D eigenvalue weighted by atomic mass is 16.3. The lowest BCUT2D eigenvalue weighted by Gasteiger charge is -2.10. The van der Waals surface area contributed by atoms with E-state index in [-0.39, 0.29) is 0 Å². The van der Waals surface area contributed by atoms with Gasteiger partial charge in [0.05, 0.1) is 0 Å². The first kappa shape index (κ1) is 29.0.